The summed E-state index contributed by atoms with van der Waals surface area (Å²) < 4.78 is 5.35. The van der Waals surface area contributed by atoms with Gasteiger partial charge in [-0.1, -0.05) is 0 Å². The zero-order chi connectivity index (χ0) is 20.1. The first-order valence-electron chi connectivity index (χ1n) is 10.1. The lowest BCUT2D eigenvalue weighted by Gasteiger charge is -2.28. The second kappa shape index (κ2) is 9.13. The molecule has 2 N–H and O–H groups in total. The van der Waals surface area contributed by atoms with E-state index in [1.54, 1.807) is 4.88 Å². The van der Waals surface area contributed by atoms with Gasteiger partial charge in [0.1, 0.15) is 5.60 Å². The van der Waals surface area contributed by atoms with Crippen molar-refractivity contribution in [2.24, 2.45) is 4.99 Å². The first-order chi connectivity index (χ1) is 13.3. The number of thiophene rings is 1. The van der Waals surface area contributed by atoms with Gasteiger partial charge in [-0.3, -0.25) is 9.89 Å². The van der Waals surface area contributed by atoms with Crippen LogP contribution in [0.25, 0.3) is 0 Å². The highest BCUT2D eigenvalue weighted by atomic mass is 32.1. The third-order valence-electron chi connectivity index (χ3n) is 5.02. The Morgan fingerprint density at radius 3 is 2.96 bits per heavy atom. The summed E-state index contributed by atoms with van der Waals surface area (Å²) in [6, 6.07) is 2.34. The number of nitrogens with one attached hydrogen (secondary N) is 2. The molecule has 156 valence electrons. The summed E-state index contributed by atoms with van der Waals surface area (Å²) in [5.74, 6) is 0.904. The molecule has 2 aliphatic rings. The van der Waals surface area contributed by atoms with E-state index in [0.717, 1.165) is 58.1 Å². The Morgan fingerprint density at radius 2 is 2.21 bits per heavy atom. The van der Waals surface area contributed by atoms with Crippen LogP contribution in [0.3, 0.4) is 0 Å². The smallest absolute Gasteiger partial charge is 0.407 e. The number of hydrogen-bond donors (Lipinski definition) is 2. The van der Waals surface area contributed by atoms with Crippen LogP contribution < -0.4 is 10.6 Å². The molecule has 1 fully saturated rings. The summed E-state index contributed by atoms with van der Waals surface area (Å²) in [6.07, 6.45) is 1.71. The fourth-order valence-corrected chi connectivity index (χ4v) is 4.59. The molecule has 0 aromatic carbocycles. The number of nitrogens with zero attached hydrogens (tertiary/aromatic N) is 3. The Bertz CT molecular complexity index is 697. The Kier molecular flexibility index (Phi) is 6.82. The molecule has 0 bridgehead atoms. The summed E-state index contributed by atoms with van der Waals surface area (Å²) in [6.45, 7) is 11.3. The molecular weight excluding hydrogens is 374 g/mol. The molecule has 1 saturated heterocycles. The van der Waals surface area contributed by atoms with E-state index in [1.807, 2.05) is 39.2 Å². The number of alkyl carbamates (subject to hydrolysis) is 1. The van der Waals surface area contributed by atoms with Crippen molar-refractivity contribution in [3.63, 3.8) is 0 Å². The van der Waals surface area contributed by atoms with Gasteiger partial charge in [0.05, 0.1) is 6.04 Å². The summed E-state index contributed by atoms with van der Waals surface area (Å²) in [5.41, 5.74) is 1.01. The molecule has 1 amide bonds. The van der Waals surface area contributed by atoms with E-state index in [0.29, 0.717) is 0 Å². The van der Waals surface area contributed by atoms with Crippen molar-refractivity contribution < 1.29 is 9.53 Å². The maximum atomic E-state index is 12.0. The lowest BCUT2D eigenvalue weighted by atomic mass is 10.1. The minimum absolute atomic E-state index is 0.0903. The van der Waals surface area contributed by atoms with E-state index in [4.69, 9.17) is 4.74 Å². The van der Waals surface area contributed by atoms with Crippen molar-refractivity contribution in [3.8, 4) is 0 Å². The van der Waals surface area contributed by atoms with E-state index >= 15 is 0 Å². The van der Waals surface area contributed by atoms with Crippen LogP contribution in [0, 0.1) is 0 Å². The van der Waals surface area contributed by atoms with Gasteiger partial charge in [-0.15, -0.1) is 11.3 Å². The number of likely N-dealkylation sites (tertiary alicyclic amines) is 1. The number of fused-ring (bicyclic) bond motifs is 1. The maximum Gasteiger partial charge on any atom is 0.407 e. The quantitative estimate of drug-likeness (QED) is 0.592. The monoisotopic (exact) mass is 407 g/mol. The topological polar surface area (TPSA) is 69.2 Å². The fraction of sp³-hybridized carbons (Fsp3) is 0.700. The van der Waals surface area contributed by atoms with E-state index in [-0.39, 0.29) is 12.1 Å². The summed E-state index contributed by atoms with van der Waals surface area (Å²) >= 11 is 1.88. The minimum atomic E-state index is -0.474. The molecule has 2 aliphatic heterocycles. The van der Waals surface area contributed by atoms with Gasteiger partial charge < -0.3 is 20.3 Å². The van der Waals surface area contributed by atoms with Gasteiger partial charge >= 0.3 is 6.09 Å². The molecule has 0 radical (unpaired) electrons. The predicted octanol–water partition coefficient (Wildman–Crippen LogP) is 2.28. The van der Waals surface area contributed by atoms with E-state index in [2.05, 4.69) is 36.9 Å². The van der Waals surface area contributed by atoms with E-state index in [9.17, 15) is 4.79 Å². The zero-order valence-corrected chi connectivity index (χ0v) is 18.3. The Balaban J connectivity index is 1.39. The average Bonchev–Trinajstić information content (AvgIpc) is 3.25. The maximum absolute atomic E-state index is 12.0. The average molecular weight is 408 g/mol. The van der Waals surface area contributed by atoms with Crippen LogP contribution in [-0.2, 0) is 17.7 Å². The highest BCUT2D eigenvalue weighted by Gasteiger charge is 2.28. The van der Waals surface area contributed by atoms with Crippen LogP contribution in [0.1, 0.15) is 37.6 Å². The number of carbonyl (C=O) groups is 1. The van der Waals surface area contributed by atoms with Crippen LogP contribution in [0.4, 0.5) is 4.79 Å². The zero-order valence-electron chi connectivity index (χ0n) is 17.5. The fourth-order valence-electron chi connectivity index (χ4n) is 3.70. The van der Waals surface area contributed by atoms with Crippen molar-refractivity contribution in [1.82, 2.24) is 20.4 Å². The van der Waals surface area contributed by atoms with Gasteiger partial charge in [-0.2, -0.15) is 0 Å². The highest BCUT2D eigenvalue weighted by Crippen LogP contribution is 2.23. The molecule has 0 spiro atoms. The van der Waals surface area contributed by atoms with Gasteiger partial charge in [0, 0.05) is 51.2 Å². The van der Waals surface area contributed by atoms with Gasteiger partial charge in [-0.05, 0) is 50.6 Å². The van der Waals surface area contributed by atoms with Gasteiger partial charge in [-0.25, -0.2) is 4.79 Å². The molecular formula is C20H33N5O2S. The molecule has 28 heavy (non-hydrogen) atoms. The van der Waals surface area contributed by atoms with E-state index < -0.39 is 5.60 Å². The second-order valence-corrected chi connectivity index (χ2v) is 9.45. The van der Waals surface area contributed by atoms with E-state index in [1.165, 1.54) is 5.56 Å². The van der Waals surface area contributed by atoms with Crippen molar-refractivity contribution in [2.45, 2.75) is 51.8 Å². The SMILES string of the molecule is CN=C(NCCN1CCc2sccc2C1)N1CCC(NC(=O)OC(C)(C)C)C1. The number of guanidine groups is 1. The molecule has 0 aliphatic carbocycles. The number of hydrogen-bond acceptors (Lipinski definition) is 5. The predicted molar refractivity (Wildman–Crippen MR) is 114 cm³/mol. The molecule has 1 unspecified atom stereocenters. The third-order valence-corrected chi connectivity index (χ3v) is 6.04. The Morgan fingerprint density at radius 1 is 1.39 bits per heavy atom. The van der Waals surface area contributed by atoms with Crippen LogP contribution in [0.15, 0.2) is 16.4 Å². The van der Waals surface area contributed by atoms with Crippen LogP contribution in [0.5, 0.6) is 0 Å². The summed E-state index contributed by atoms with van der Waals surface area (Å²) in [4.78, 5) is 22.6. The number of carbonyl (C=O) groups excluding carboxylic acids is 1. The molecule has 1 atom stereocenters. The van der Waals surface area contributed by atoms with Crippen LogP contribution in [0.2, 0.25) is 0 Å². The first kappa shape index (κ1) is 20.9. The molecule has 8 heteroatoms. The Hall–Kier alpha value is -1.80. The summed E-state index contributed by atoms with van der Waals surface area (Å²) in [5, 5.41) is 8.65. The summed E-state index contributed by atoms with van der Waals surface area (Å²) in [7, 11) is 1.81. The molecule has 7 nitrogen and oxygen atoms in total. The largest absolute Gasteiger partial charge is 0.444 e. The molecule has 3 rings (SSSR count). The van der Waals surface area contributed by atoms with Crippen molar-refractivity contribution in [2.75, 3.05) is 39.8 Å². The van der Waals surface area contributed by atoms with Crippen LogP contribution in [-0.4, -0.2) is 73.3 Å². The number of amides is 1. The lowest BCUT2D eigenvalue weighted by molar-refractivity contribution is 0.0507. The number of rotatable bonds is 4. The standard InChI is InChI=1S/C20H33N5O2S/c1-20(2,3)27-19(26)23-16-5-10-25(14-16)18(21-4)22-8-11-24-9-6-17-15(13-24)7-12-28-17/h7,12,16H,5-6,8-11,13-14H2,1-4H3,(H,21,22)(H,23,26). The number of ether oxygens (including phenoxy) is 1. The number of aliphatic imine (C=N–C) groups is 1. The molecule has 1 aromatic rings. The molecule has 0 saturated carbocycles. The molecule has 1 aromatic heterocycles. The minimum Gasteiger partial charge on any atom is -0.444 e. The Labute approximate surface area is 172 Å². The second-order valence-electron chi connectivity index (χ2n) is 8.45. The first-order valence-corrected chi connectivity index (χ1v) is 10.9. The van der Waals surface area contributed by atoms with Crippen molar-refractivity contribution >= 4 is 23.4 Å². The van der Waals surface area contributed by atoms with Crippen molar-refractivity contribution in [1.29, 1.82) is 0 Å². The third kappa shape index (κ3) is 5.85. The van der Waals surface area contributed by atoms with Crippen LogP contribution >= 0.6 is 11.3 Å². The van der Waals surface area contributed by atoms with Crippen molar-refractivity contribution in [3.05, 3.63) is 21.9 Å². The lowest BCUT2D eigenvalue weighted by Crippen LogP contribution is -2.46. The van der Waals surface area contributed by atoms with Gasteiger partial charge in [0.15, 0.2) is 5.96 Å². The van der Waals surface area contributed by atoms with Gasteiger partial charge in [0.2, 0.25) is 0 Å². The molecule has 3 heterocycles. The normalized spacial score (nSPS) is 20.8. The highest BCUT2D eigenvalue weighted by molar-refractivity contribution is 7.10. The van der Waals surface area contributed by atoms with Gasteiger partial charge in [0.25, 0.3) is 0 Å².